The van der Waals surface area contributed by atoms with E-state index in [0.29, 0.717) is 6.54 Å². The second-order valence-corrected chi connectivity index (χ2v) is 10.2. The molecular formula is C15H25ClN2O5S2. The molecule has 25 heavy (non-hydrogen) atoms. The molecule has 1 aliphatic rings. The van der Waals surface area contributed by atoms with Crippen LogP contribution in [0.15, 0.2) is 28.0 Å². The van der Waals surface area contributed by atoms with Gasteiger partial charge in [-0.3, -0.25) is 0 Å². The summed E-state index contributed by atoms with van der Waals surface area (Å²) in [5.41, 5.74) is -0.125. The van der Waals surface area contributed by atoms with Crippen LogP contribution in [0.2, 0.25) is 0 Å². The second-order valence-electron chi connectivity index (χ2n) is 6.47. The lowest BCUT2D eigenvalue weighted by atomic mass is 9.81. The fourth-order valence-corrected chi connectivity index (χ4v) is 4.77. The van der Waals surface area contributed by atoms with Crippen LogP contribution in [0.5, 0.6) is 5.75 Å². The highest BCUT2D eigenvalue weighted by atomic mass is 35.5. The molecule has 0 bridgehead atoms. The molecule has 144 valence electrons. The van der Waals surface area contributed by atoms with Gasteiger partial charge in [-0.1, -0.05) is 6.92 Å². The predicted octanol–water partition coefficient (Wildman–Crippen LogP) is 1.19. The molecule has 0 amide bonds. The number of benzene rings is 1. The summed E-state index contributed by atoms with van der Waals surface area (Å²) >= 11 is 0. The van der Waals surface area contributed by atoms with E-state index in [4.69, 9.17) is 4.74 Å². The minimum Gasteiger partial charge on any atom is -0.495 e. The third kappa shape index (κ3) is 5.55. The lowest BCUT2D eigenvalue weighted by Crippen LogP contribution is -2.42. The van der Waals surface area contributed by atoms with Gasteiger partial charge in [0.25, 0.3) is 0 Å². The number of methoxy groups -OCH3 is 1. The summed E-state index contributed by atoms with van der Waals surface area (Å²) in [7, 11) is -6.05. The monoisotopic (exact) mass is 412 g/mol. The van der Waals surface area contributed by atoms with Gasteiger partial charge in [-0.05, 0) is 49.5 Å². The van der Waals surface area contributed by atoms with Crippen molar-refractivity contribution in [2.45, 2.75) is 29.6 Å². The Morgan fingerprint density at radius 2 is 1.80 bits per heavy atom. The molecular weight excluding hydrogens is 388 g/mol. The summed E-state index contributed by atoms with van der Waals surface area (Å²) in [6, 6.07) is 3.83. The predicted molar refractivity (Wildman–Crippen MR) is 98.8 cm³/mol. The van der Waals surface area contributed by atoms with Gasteiger partial charge in [0.15, 0.2) is 9.84 Å². The van der Waals surface area contributed by atoms with E-state index < -0.39 is 19.9 Å². The first-order chi connectivity index (χ1) is 11.1. The largest absolute Gasteiger partial charge is 0.495 e. The minimum absolute atomic E-state index is 0. The third-order valence-corrected chi connectivity index (χ3v) is 6.89. The van der Waals surface area contributed by atoms with Gasteiger partial charge in [0, 0.05) is 12.8 Å². The van der Waals surface area contributed by atoms with Crippen molar-refractivity contribution in [2.75, 3.05) is 33.0 Å². The molecule has 0 spiro atoms. The lowest BCUT2D eigenvalue weighted by molar-refractivity contribution is 0.232. The van der Waals surface area contributed by atoms with Gasteiger partial charge in [-0.2, -0.15) is 0 Å². The van der Waals surface area contributed by atoms with E-state index >= 15 is 0 Å². The van der Waals surface area contributed by atoms with Crippen molar-refractivity contribution >= 4 is 32.3 Å². The summed E-state index contributed by atoms with van der Waals surface area (Å²) < 4.78 is 56.5. The molecule has 1 aromatic carbocycles. The van der Waals surface area contributed by atoms with E-state index in [1.807, 2.05) is 6.92 Å². The Balaban J connectivity index is 0.00000312. The second kappa shape index (κ2) is 8.22. The highest BCUT2D eigenvalue weighted by Gasteiger charge is 2.30. The molecule has 2 rings (SSSR count). The summed E-state index contributed by atoms with van der Waals surface area (Å²) in [6.07, 6.45) is 2.78. The number of rotatable bonds is 6. The SMILES string of the molecule is COc1ccc(S(C)(=O)=O)cc1S(=O)(=O)NCC1(C)CCNCC1.Cl. The van der Waals surface area contributed by atoms with Crippen LogP contribution >= 0.6 is 12.4 Å². The van der Waals surface area contributed by atoms with Crippen molar-refractivity contribution in [3.05, 3.63) is 18.2 Å². The smallest absolute Gasteiger partial charge is 0.244 e. The molecule has 2 N–H and O–H groups in total. The quantitative estimate of drug-likeness (QED) is 0.727. The zero-order valence-corrected chi connectivity index (χ0v) is 17.0. The number of hydrogen-bond donors (Lipinski definition) is 2. The fraction of sp³-hybridized carbons (Fsp3) is 0.600. The minimum atomic E-state index is -3.88. The topological polar surface area (TPSA) is 102 Å². The number of nitrogens with one attached hydrogen (secondary N) is 2. The van der Waals surface area contributed by atoms with Crippen LogP contribution in [0.25, 0.3) is 0 Å². The number of sulfone groups is 1. The number of halogens is 1. The summed E-state index contributed by atoms with van der Waals surface area (Å²) in [5, 5.41) is 3.25. The molecule has 0 radical (unpaired) electrons. The third-order valence-electron chi connectivity index (χ3n) is 4.35. The summed E-state index contributed by atoms with van der Waals surface area (Å²) in [6.45, 7) is 4.04. The standard InChI is InChI=1S/C15H24N2O5S2.ClH/c1-15(6-8-16-9-7-15)11-17-24(20,21)14-10-12(23(3,18)19)4-5-13(14)22-2;/h4-5,10,16-17H,6-9,11H2,1-3H3;1H. The van der Waals surface area contributed by atoms with Crippen LogP contribution in [0, 0.1) is 5.41 Å². The highest BCUT2D eigenvalue weighted by Crippen LogP contribution is 2.30. The Hall–Kier alpha value is -0.870. The fourth-order valence-electron chi connectivity index (χ4n) is 2.65. The number of sulfonamides is 1. The average Bonchev–Trinajstić information content (AvgIpc) is 2.52. The normalized spacial score (nSPS) is 17.6. The zero-order chi connectivity index (χ0) is 18.0. The van der Waals surface area contributed by atoms with Gasteiger partial charge in [-0.25, -0.2) is 21.6 Å². The Bertz CT molecular complexity index is 803. The van der Waals surface area contributed by atoms with E-state index in [1.165, 1.54) is 19.2 Å². The van der Waals surface area contributed by atoms with Gasteiger partial charge >= 0.3 is 0 Å². The van der Waals surface area contributed by atoms with Gasteiger partial charge in [0.05, 0.1) is 12.0 Å². The molecule has 0 aliphatic carbocycles. The number of piperidine rings is 1. The molecule has 1 heterocycles. The average molecular weight is 413 g/mol. The van der Waals surface area contributed by atoms with Gasteiger partial charge in [0.1, 0.15) is 10.6 Å². The van der Waals surface area contributed by atoms with Crippen molar-refractivity contribution in [3.8, 4) is 5.75 Å². The molecule has 1 aromatic rings. The molecule has 0 aromatic heterocycles. The lowest BCUT2D eigenvalue weighted by Gasteiger charge is -2.34. The Morgan fingerprint density at radius 1 is 1.20 bits per heavy atom. The van der Waals surface area contributed by atoms with Crippen LogP contribution in [-0.2, 0) is 19.9 Å². The van der Waals surface area contributed by atoms with Crippen molar-refractivity contribution < 1.29 is 21.6 Å². The number of hydrogen-bond acceptors (Lipinski definition) is 6. The maximum atomic E-state index is 12.7. The first kappa shape index (κ1) is 22.2. The molecule has 1 fully saturated rings. The van der Waals surface area contributed by atoms with Crippen molar-refractivity contribution in [3.63, 3.8) is 0 Å². The van der Waals surface area contributed by atoms with E-state index in [2.05, 4.69) is 10.0 Å². The van der Waals surface area contributed by atoms with Gasteiger partial charge in [-0.15, -0.1) is 12.4 Å². The number of ether oxygens (including phenoxy) is 1. The molecule has 1 aliphatic heterocycles. The first-order valence-electron chi connectivity index (χ1n) is 7.66. The molecule has 0 atom stereocenters. The van der Waals surface area contributed by atoms with Crippen LogP contribution < -0.4 is 14.8 Å². The van der Waals surface area contributed by atoms with Gasteiger partial charge < -0.3 is 10.1 Å². The maximum Gasteiger partial charge on any atom is 0.244 e. The Morgan fingerprint density at radius 3 is 2.32 bits per heavy atom. The van der Waals surface area contributed by atoms with E-state index in [9.17, 15) is 16.8 Å². The van der Waals surface area contributed by atoms with E-state index in [-0.39, 0.29) is 33.4 Å². The Kier molecular flexibility index (Phi) is 7.29. The molecule has 10 heteroatoms. The van der Waals surface area contributed by atoms with Crippen LogP contribution in [-0.4, -0.2) is 49.8 Å². The van der Waals surface area contributed by atoms with Crippen molar-refractivity contribution in [2.24, 2.45) is 5.41 Å². The zero-order valence-electron chi connectivity index (χ0n) is 14.5. The van der Waals surface area contributed by atoms with Crippen molar-refractivity contribution in [1.29, 1.82) is 0 Å². The first-order valence-corrected chi connectivity index (χ1v) is 11.0. The summed E-state index contributed by atoms with van der Waals surface area (Å²) in [4.78, 5) is -0.220. The van der Waals surface area contributed by atoms with E-state index in [1.54, 1.807) is 0 Å². The van der Waals surface area contributed by atoms with E-state index in [0.717, 1.165) is 38.3 Å². The maximum absolute atomic E-state index is 12.7. The molecule has 1 saturated heterocycles. The molecule has 0 unspecified atom stereocenters. The summed E-state index contributed by atoms with van der Waals surface area (Å²) in [5.74, 6) is 0.116. The molecule has 7 nitrogen and oxygen atoms in total. The van der Waals surface area contributed by atoms with Crippen LogP contribution in [0.1, 0.15) is 19.8 Å². The van der Waals surface area contributed by atoms with Crippen molar-refractivity contribution in [1.82, 2.24) is 10.0 Å². The van der Waals surface area contributed by atoms with Crippen LogP contribution in [0.3, 0.4) is 0 Å². The van der Waals surface area contributed by atoms with Gasteiger partial charge in [0.2, 0.25) is 10.0 Å². The molecule has 0 saturated carbocycles. The Labute approximate surface area is 155 Å². The van der Waals surface area contributed by atoms with Crippen LogP contribution in [0.4, 0.5) is 0 Å². The highest BCUT2D eigenvalue weighted by molar-refractivity contribution is 7.91.